The molecule has 0 heterocycles. The molecule has 0 amide bonds. The molecule has 1 fully saturated rings. The Morgan fingerprint density at radius 3 is 1.88 bits per heavy atom. The van der Waals surface area contributed by atoms with Gasteiger partial charge in [0.25, 0.3) is 0 Å². The topological polar surface area (TPSA) is 51.2 Å². The summed E-state index contributed by atoms with van der Waals surface area (Å²) in [6.07, 6.45) is -4.18. The van der Waals surface area contributed by atoms with Gasteiger partial charge in [-0.2, -0.15) is 13.2 Å². The van der Waals surface area contributed by atoms with Crippen molar-refractivity contribution >= 4 is 15.6 Å². The number of alkyl halides is 3. The van der Waals surface area contributed by atoms with E-state index in [2.05, 4.69) is 0 Å². The first kappa shape index (κ1) is 18.6. The first-order valence-corrected chi connectivity index (χ1v) is 9.64. The van der Waals surface area contributed by atoms with Crippen molar-refractivity contribution in [1.29, 1.82) is 0 Å². The van der Waals surface area contributed by atoms with Gasteiger partial charge in [-0.3, -0.25) is 4.79 Å². The lowest BCUT2D eigenvalue weighted by atomic mass is 9.82. The number of carbonyl (C=O) groups is 1. The van der Waals surface area contributed by atoms with Gasteiger partial charge in [0.2, 0.25) is 0 Å². The normalized spacial score (nSPS) is 17.9. The summed E-state index contributed by atoms with van der Waals surface area (Å²) >= 11 is 0. The maximum Gasteiger partial charge on any atom is 0.416 e. The predicted octanol–water partition coefficient (Wildman–Crippen LogP) is 4.52. The molecule has 3 rings (SSSR count). The van der Waals surface area contributed by atoms with Crippen molar-refractivity contribution in [2.45, 2.75) is 41.5 Å². The minimum atomic E-state index is -4.49. The number of sulfone groups is 1. The van der Waals surface area contributed by atoms with Gasteiger partial charge >= 0.3 is 6.18 Å². The van der Waals surface area contributed by atoms with Gasteiger partial charge in [-0.05, 0) is 42.7 Å². The second kappa shape index (κ2) is 6.54. The fourth-order valence-electron chi connectivity index (χ4n) is 3.43. The molecule has 138 valence electrons. The van der Waals surface area contributed by atoms with Crippen LogP contribution in [0.5, 0.6) is 0 Å². The number of carbonyl (C=O) groups excluding carboxylic acids is 1. The van der Waals surface area contributed by atoms with Gasteiger partial charge in [0, 0.05) is 12.8 Å². The van der Waals surface area contributed by atoms with Crippen molar-refractivity contribution in [3.05, 3.63) is 65.7 Å². The summed E-state index contributed by atoms with van der Waals surface area (Å²) in [5.74, 6) is -0.0317. The number of Topliss-reactive ketones (excluding diaryl/α,β-unsaturated/α-hetero) is 1. The lowest BCUT2D eigenvalue weighted by molar-refractivity contribution is -0.137. The number of benzene rings is 2. The fourth-order valence-corrected chi connectivity index (χ4v) is 5.59. The van der Waals surface area contributed by atoms with Gasteiger partial charge < -0.3 is 0 Å². The Morgan fingerprint density at radius 1 is 0.846 bits per heavy atom. The van der Waals surface area contributed by atoms with E-state index in [-0.39, 0.29) is 36.4 Å². The van der Waals surface area contributed by atoms with Crippen molar-refractivity contribution in [2.75, 3.05) is 0 Å². The zero-order chi connectivity index (χ0) is 19.0. The average Bonchev–Trinajstić information content (AvgIpc) is 2.62. The van der Waals surface area contributed by atoms with Gasteiger partial charge in [0.05, 0.1) is 10.5 Å². The van der Waals surface area contributed by atoms with Gasteiger partial charge in [-0.15, -0.1) is 0 Å². The third kappa shape index (κ3) is 3.16. The number of ketones is 1. The van der Waals surface area contributed by atoms with Crippen molar-refractivity contribution in [3.8, 4) is 0 Å². The van der Waals surface area contributed by atoms with Crippen LogP contribution >= 0.6 is 0 Å². The van der Waals surface area contributed by atoms with Gasteiger partial charge in [0.1, 0.15) is 10.5 Å². The molecular weight excluding hydrogens is 365 g/mol. The quantitative estimate of drug-likeness (QED) is 0.784. The number of halogens is 3. The minimum absolute atomic E-state index is 0.0317. The molecular formula is C19H17F3O3S. The Bertz CT molecular complexity index is 891. The lowest BCUT2D eigenvalue weighted by Gasteiger charge is -2.37. The molecule has 0 aliphatic heterocycles. The van der Waals surface area contributed by atoms with Crippen LogP contribution in [0, 0.1) is 0 Å². The van der Waals surface area contributed by atoms with Crippen LogP contribution in [-0.4, -0.2) is 14.2 Å². The van der Waals surface area contributed by atoms with Crippen molar-refractivity contribution in [2.24, 2.45) is 0 Å². The maximum atomic E-state index is 13.4. The highest BCUT2D eigenvalue weighted by atomic mass is 32.2. The molecule has 7 heteroatoms. The van der Waals surface area contributed by atoms with Crippen LogP contribution in [0.1, 0.15) is 36.8 Å². The van der Waals surface area contributed by atoms with Crippen LogP contribution in [-0.2, 0) is 25.6 Å². The molecule has 26 heavy (non-hydrogen) atoms. The van der Waals surface area contributed by atoms with Gasteiger partial charge in [0.15, 0.2) is 9.84 Å². The van der Waals surface area contributed by atoms with Gasteiger partial charge in [-0.1, -0.05) is 30.3 Å². The van der Waals surface area contributed by atoms with E-state index in [0.29, 0.717) is 5.56 Å². The van der Waals surface area contributed by atoms with Crippen LogP contribution in [0.15, 0.2) is 59.5 Å². The third-order valence-electron chi connectivity index (χ3n) is 4.92. The molecule has 0 aromatic heterocycles. The molecule has 2 aromatic carbocycles. The Labute approximate surface area is 149 Å². The Kier molecular flexibility index (Phi) is 4.69. The maximum absolute atomic E-state index is 13.4. The van der Waals surface area contributed by atoms with Crippen LogP contribution < -0.4 is 0 Å². The van der Waals surface area contributed by atoms with E-state index in [0.717, 1.165) is 12.1 Å². The highest BCUT2D eigenvalue weighted by molar-refractivity contribution is 7.92. The van der Waals surface area contributed by atoms with E-state index in [1.165, 1.54) is 24.3 Å². The molecule has 0 atom stereocenters. The summed E-state index contributed by atoms with van der Waals surface area (Å²) in [6.45, 7) is 0. The Balaban J connectivity index is 2.13. The smallest absolute Gasteiger partial charge is 0.300 e. The van der Waals surface area contributed by atoms with Crippen LogP contribution in [0.2, 0.25) is 0 Å². The van der Waals surface area contributed by atoms with E-state index in [1.807, 2.05) is 0 Å². The van der Waals surface area contributed by atoms with Crippen molar-refractivity contribution < 1.29 is 26.4 Å². The minimum Gasteiger partial charge on any atom is -0.300 e. The SMILES string of the molecule is O=C1CCC(c2ccc(C(F)(F)F)cc2)(S(=O)(=O)c2ccccc2)CC1. The Hall–Kier alpha value is -2.15. The molecule has 1 aliphatic carbocycles. The average molecular weight is 382 g/mol. The largest absolute Gasteiger partial charge is 0.416 e. The second-order valence-electron chi connectivity index (χ2n) is 6.42. The number of hydrogen-bond donors (Lipinski definition) is 0. The van der Waals surface area contributed by atoms with E-state index in [1.54, 1.807) is 18.2 Å². The van der Waals surface area contributed by atoms with Crippen molar-refractivity contribution in [1.82, 2.24) is 0 Å². The monoisotopic (exact) mass is 382 g/mol. The molecule has 3 nitrogen and oxygen atoms in total. The molecule has 0 radical (unpaired) electrons. The molecule has 1 aliphatic rings. The summed E-state index contributed by atoms with van der Waals surface area (Å²) in [6, 6.07) is 12.1. The Morgan fingerprint density at radius 2 is 1.38 bits per heavy atom. The van der Waals surface area contributed by atoms with E-state index in [9.17, 15) is 26.4 Å². The first-order valence-electron chi connectivity index (χ1n) is 8.16. The summed E-state index contributed by atoms with van der Waals surface area (Å²) < 4.78 is 63.9. The van der Waals surface area contributed by atoms with Crippen molar-refractivity contribution in [3.63, 3.8) is 0 Å². The van der Waals surface area contributed by atoms with Crippen LogP contribution in [0.4, 0.5) is 13.2 Å². The summed E-state index contributed by atoms with van der Waals surface area (Å²) in [7, 11) is -3.88. The van der Waals surface area contributed by atoms with E-state index < -0.39 is 26.3 Å². The fraction of sp³-hybridized carbons (Fsp3) is 0.316. The summed E-state index contributed by atoms with van der Waals surface area (Å²) in [5.41, 5.74) is -0.540. The molecule has 0 N–H and O–H groups in total. The lowest BCUT2D eigenvalue weighted by Crippen LogP contribution is -2.40. The summed E-state index contributed by atoms with van der Waals surface area (Å²) in [5, 5.41) is 0. The molecule has 0 bridgehead atoms. The van der Waals surface area contributed by atoms with Gasteiger partial charge in [-0.25, -0.2) is 8.42 Å². The molecule has 1 saturated carbocycles. The van der Waals surface area contributed by atoms with Crippen LogP contribution in [0.25, 0.3) is 0 Å². The highest BCUT2D eigenvalue weighted by Crippen LogP contribution is 2.46. The zero-order valence-electron chi connectivity index (χ0n) is 13.8. The molecule has 2 aromatic rings. The second-order valence-corrected chi connectivity index (χ2v) is 8.68. The van der Waals surface area contributed by atoms with E-state index in [4.69, 9.17) is 0 Å². The number of rotatable bonds is 3. The first-order chi connectivity index (χ1) is 12.2. The predicted molar refractivity (Wildman–Crippen MR) is 90.2 cm³/mol. The molecule has 0 saturated heterocycles. The van der Waals surface area contributed by atoms with Crippen LogP contribution in [0.3, 0.4) is 0 Å². The molecule has 0 spiro atoms. The zero-order valence-corrected chi connectivity index (χ0v) is 14.6. The standard InChI is InChI=1S/C19H17F3O3S/c20-19(21,22)15-8-6-14(7-9-15)18(12-10-16(23)11-13-18)26(24,25)17-4-2-1-3-5-17/h1-9H,10-13H2. The highest BCUT2D eigenvalue weighted by Gasteiger charge is 2.48. The van der Waals surface area contributed by atoms with E-state index >= 15 is 0 Å². The number of hydrogen-bond acceptors (Lipinski definition) is 3. The summed E-state index contributed by atoms with van der Waals surface area (Å²) in [4.78, 5) is 11.8. The molecule has 0 unspecified atom stereocenters. The third-order valence-corrected chi connectivity index (χ3v) is 7.49.